The molecule has 1 atom stereocenters. The third-order valence-corrected chi connectivity index (χ3v) is 5.59. The van der Waals surface area contributed by atoms with Gasteiger partial charge in [-0.05, 0) is 48.4 Å². The number of methoxy groups -OCH3 is 1. The molecule has 0 aromatic heterocycles. The Morgan fingerprint density at radius 2 is 1.71 bits per heavy atom. The average molecular weight is 469 g/mol. The van der Waals surface area contributed by atoms with Gasteiger partial charge in [-0.1, -0.05) is 12.1 Å². The molecule has 3 rings (SSSR count). The van der Waals surface area contributed by atoms with Crippen molar-refractivity contribution in [2.24, 2.45) is 5.73 Å². The molecule has 0 aliphatic carbocycles. The van der Waals surface area contributed by atoms with Crippen LogP contribution in [0.1, 0.15) is 30.0 Å². The highest BCUT2D eigenvalue weighted by Gasteiger charge is 2.37. The van der Waals surface area contributed by atoms with E-state index in [1.54, 1.807) is 48.5 Å². The molecule has 2 amide bonds. The van der Waals surface area contributed by atoms with Gasteiger partial charge in [-0.2, -0.15) is 0 Å². The van der Waals surface area contributed by atoms with Gasteiger partial charge in [-0.3, -0.25) is 19.8 Å². The second-order valence-corrected chi connectivity index (χ2v) is 7.82. The zero-order valence-corrected chi connectivity index (χ0v) is 18.9. The molecule has 0 spiro atoms. The fraction of sp³-hybridized carbons (Fsp3) is 0.333. The predicted octanol–water partition coefficient (Wildman–Crippen LogP) is 1.63. The first-order valence-electron chi connectivity index (χ1n) is 10.8. The lowest BCUT2D eigenvalue weighted by Crippen LogP contribution is -2.55. The number of nitrogen functional groups attached to an aromatic ring is 1. The Hall–Kier alpha value is -4.08. The zero-order chi connectivity index (χ0) is 24.7. The van der Waals surface area contributed by atoms with Gasteiger partial charge in [-0.25, -0.2) is 0 Å². The summed E-state index contributed by atoms with van der Waals surface area (Å²) < 4.78 is 10.8. The first-order chi connectivity index (χ1) is 16.3. The van der Waals surface area contributed by atoms with E-state index in [0.717, 1.165) is 0 Å². The molecule has 10 heteroatoms. The van der Waals surface area contributed by atoms with Gasteiger partial charge in [0.25, 0.3) is 0 Å². The maximum Gasteiger partial charge on any atom is 0.312 e. The highest BCUT2D eigenvalue weighted by Crippen LogP contribution is 2.28. The second kappa shape index (κ2) is 11.2. The van der Waals surface area contributed by atoms with Crippen molar-refractivity contribution in [1.29, 1.82) is 5.41 Å². The van der Waals surface area contributed by atoms with E-state index >= 15 is 0 Å². The summed E-state index contributed by atoms with van der Waals surface area (Å²) in [5, 5.41) is 16.8. The number of hydrogen-bond donors (Lipinski definition) is 3. The van der Waals surface area contributed by atoms with Crippen LogP contribution in [0.5, 0.6) is 11.5 Å². The Morgan fingerprint density at radius 1 is 1.06 bits per heavy atom. The lowest BCUT2D eigenvalue weighted by Gasteiger charge is -2.38. The number of carbonyl (C=O) groups excluding carboxylic acids is 2. The van der Waals surface area contributed by atoms with Crippen molar-refractivity contribution in [1.82, 2.24) is 9.80 Å². The maximum atomic E-state index is 12.9. The van der Waals surface area contributed by atoms with Crippen LogP contribution in [0.2, 0.25) is 0 Å². The summed E-state index contributed by atoms with van der Waals surface area (Å²) in [6.07, 6.45) is 0.214. The standard InChI is InChI=1S/C24H28N4O6/c1-33-18-7-3-16(4-8-18)20(15-21(29)30)28-13-12-27(23(31)24(28)32)11-2-14-34-19-9-5-17(6-10-19)22(25)26/h3-10,20H,2,11-15H2,1H3,(H3,25,26)(H,29,30). The Morgan fingerprint density at radius 3 is 2.29 bits per heavy atom. The van der Waals surface area contributed by atoms with Crippen molar-refractivity contribution >= 4 is 23.6 Å². The van der Waals surface area contributed by atoms with Gasteiger partial charge >= 0.3 is 17.8 Å². The normalized spacial score (nSPS) is 14.6. The molecule has 180 valence electrons. The van der Waals surface area contributed by atoms with Gasteiger partial charge in [0.1, 0.15) is 17.3 Å². The fourth-order valence-corrected chi connectivity index (χ4v) is 3.78. The van der Waals surface area contributed by atoms with Crippen molar-refractivity contribution < 1.29 is 29.0 Å². The molecule has 10 nitrogen and oxygen atoms in total. The van der Waals surface area contributed by atoms with Crippen LogP contribution >= 0.6 is 0 Å². The fourth-order valence-electron chi connectivity index (χ4n) is 3.78. The summed E-state index contributed by atoms with van der Waals surface area (Å²) in [6.45, 7) is 1.23. The quantitative estimate of drug-likeness (QED) is 0.197. The lowest BCUT2D eigenvalue weighted by atomic mass is 10.0. The number of carbonyl (C=O) groups is 3. The topological polar surface area (TPSA) is 146 Å². The minimum atomic E-state index is -1.06. The van der Waals surface area contributed by atoms with E-state index < -0.39 is 23.8 Å². The Bertz CT molecular complexity index is 1040. The minimum absolute atomic E-state index is 0.0218. The van der Waals surface area contributed by atoms with Gasteiger partial charge < -0.3 is 30.1 Å². The summed E-state index contributed by atoms with van der Waals surface area (Å²) in [5.74, 6) is -1.21. The molecule has 1 saturated heterocycles. The molecule has 34 heavy (non-hydrogen) atoms. The molecule has 0 radical (unpaired) electrons. The Labute approximate surface area is 197 Å². The lowest BCUT2D eigenvalue weighted by molar-refractivity contribution is -0.159. The molecule has 1 unspecified atom stereocenters. The molecule has 4 N–H and O–H groups in total. The van der Waals surface area contributed by atoms with E-state index in [-0.39, 0.29) is 18.8 Å². The molecular formula is C24H28N4O6. The van der Waals surface area contributed by atoms with Crippen LogP contribution in [0, 0.1) is 5.41 Å². The number of carboxylic acids is 1. The van der Waals surface area contributed by atoms with Crippen LogP contribution in [0.3, 0.4) is 0 Å². The number of piperazine rings is 1. The van der Waals surface area contributed by atoms with Crippen LogP contribution < -0.4 is 15.2 Å². The largest absolute Gasteiger partial charge is 0.497 e. The third-order valence-electron chi connectivity index (χ3n) is 5.59. The number of amides is 2. The summed E-state index contributed by atoms with van der Waals surface area (Å²) in [7, 11) is 1.53. The molecule has 1 aliphatic heterocycles. The average Bonchev–Trinajstić information content (AvgIpc) is 2.83. The monoisotopic (exact) mass is 468 g/mol. The summed E-state index contributed by atoms with van der Waals surface area (Å²) in [4.78, 5) is 39.8. The number of rotatable bonds is 11. The van der Waals surface area contributed by atoms with Crippen molar-refractivity contribution in [3.05, 3.63) is 59.7 Å². The number of hydrogen-bond acceptors (Lipinski definition) is 6. The first-order valence-corrected chi connectivity index (χ1v) is 10.8. The van der Waals surface area contributed by atoms with Crippen LogP contribution in [0.4, 0.5) is 0 Å². The molecule has 0 bridgehead atoms. The zero-order valence-electron chi connectivity index (χ0n) is 18.9. The molecular weight excluding hydrogens is 440 g/mol. The summed E-state index contributed by atoms with van der Waals surface area (Å²) in [6, 6.07) is 12.9. The van der Waals surface area contributed by atoms with Crippen molar-refractivity contribution in [2.45, 2.75) is 18.9 Å². The Balaban J connectivity index is 1.56. The molecule has 2 aromatic rings. The number of nitrogens with two attached hydrogens (primary N) is 1. The number of amidine groups is 1. The molecule has 2 aromatic carbocycles. The third kappa shape index (κ3) is 6.03. The number of carboxylic acid groups (broad SMARTS) is 1. The van der Waals surface area contributed by atoms with Gasteiger partial charge in [0.2, 0.25) is 0 Å². The van der Waals surface area contributed by atoms with Crippen LogP contribution in [0.25, 0.3) is 0 Å². The highest BCUT2D eigenvalue weighted by atomic mass is 16.5. The van der Waals surface area contributed by atoms with E-state index in [2.05, 4.69) is 0 Å². The van der Waals surface area contributed by atoms with Crippen molar-refractivity contribution in [3.63, 3.8) is 0 Å². The van der Waals surface area contributed by atoms with Crippen molar-refractivity contribution in [3.8, 4) is 11.5 Å². The van der Waals surface area contributed by atoms with E-state index in [0.29, 0.717) is 48.7 Å². The van der Waals surface area contributed by atoms with Gasteiger partial charge in [0.15, 0.2) is 0 Å². The summed E-state index contributed by atoms with van der Waals surface area (Å²) in [5.41, 5.74) is 6.66. The molecule has 1 heterocycles. The number of aliphatic carboxylic acids is 1. The van der Waals surface area contributed by atoms with Gasteiger partial charge in [0, 0.05) is 25.2 Å². The first kappa shape index (κ1) is 24.6. The van der Waals surface area contributed by atoms with Gasteiger partial charge in [0.05, 0.1) is 26.2 Å². The van der Waals surface area contributed by atoms with E-state index in [1.165, 1.54) is 16.9 Å². The second-order valence-electron chi connectivity index (χ2n) is 7.82. The minimum Gasteiger partial charge on any atom is -0.497 e. The van der Waals surface area contributed by atoms with E-state index in [4.69, 9.17) is 20.6 Å². The predicted molar refractivity (Wildman–Crippen MR) is 124 cm³/mol. The number of nitrogens with one attached hydrogen (secondary N) is 1. The van der Waals surface area contributed by atoms with Crippen LogP contribution in [0.15, 0.2) is 48.5 Å². The molecule has 1 aliphatic rings. The van der Waals surface area contributed by atoms with E-state index in [1.807, 2.05) is 0 Å². The van der Waals surface area contributed by atoms with Gasteiger partial charge in [-0.15, -0.1) is 0 Å². The van der Waals surface area contributed by atoms with Crippen molar-refractivity contribution in [2.75, 3.05) is 33.4 Å². The number of ether oxygens (including phenoxy) is 2. The molecule has 1 fully saturated rings. The number of benzene rings is 2. The number of nitrogens with zero attached hydrogens (tertiary/aromatic N) is 2. The van der Waals surface area contributed by atoms with Crippen LogP contribution in [-0.2, 0) is 14.4 Å². The summed E-state index contributed by atoms with van der Waals surface area (Å²) >= 11 is 0. The maximum absolute atomic E-state index is 12.9. The van der Waals surface area contributed by atoms with E-state index in [9.17, 15) is 19.5 Å². The van der Waals surface area contributed by atoms with Crippen LogP contribution in [-0.4, -0.2) is 71.9 Å². The Kier molecular flexibility index (Phi) is 8.07. The molecule has 0 saturated carbocycles. The SMILES string of the molecule is COc1ccc(C(CC(=O)O)N2CCN(CCCOc3ccc(C(=N)N)cc3)C(=O)C2=O)cc1. The smallest absolute Gasteiger partial charge is 0.312 e. The highest BCUT2D eigenvalue weighted by molar-refractivity contribution is 6.35.